The number of benzene rings is 1. The lowest BCUT2D eigenvalue weighted by atomic mass is 10.2. The van der Waals surface area contributed by atoms with Gasteiger partial charge in [-0.1, -0.05) is 30.3 Å². The molecule has 0 unspecified atom stereocenters. The summed E-state index contributed by atoms with van der Waals surface area (Å²) in [4.78, 5) is 0. The molecule has 0 radical (unpaired) electrons. The molecule has 1 aromatic carbocycles. The van der Waals surface area contributed by atoms with Crippen LogP contribution in [0.2, 0.25) is 0 Å². The second-order valence-electron chi connectivity index (χ2n) is 3.51. The smallest absolute Gasteiger partial charge is 0.106 e. The summed E-state index contributed by atoms with van der Waals surface area (Å²) in [6.45, 7) is 1.17. The Morgan fingerprint density at radius 2 is 2.00 bits per heavy atom. The summed E-state index contributed by atoms with van der Waals surface area (Å²) in [5.74, 6) is 0.170. The monoisotopic (exact) mass is 180 g/mol. The SMILES string of the molecule is F[C@@H]1C[C@H]1COCc1ccccc1. The van der Waals surface area contributed by atoms with E-state index < -0.39 is 6.17 Å². The maximum Gasteiger partial charge on any atom is 0.106 e. The van der Waals surface area contributed by atoms with E-state index in [2.05, 4.69) is 0 Å². The van der Waals surface area contributed by atoms with Crippen molar-refractivity contribution in [3.8, 4) is 0 Å². The van der Waals surface area contributed by atoms with Crippen LogP contribution in [0.3, 0.4) is 0 Å². The summed E-state index contributed by atoms with van der Waals surface area (Å²) in [6, 6.07) is 9.96. The van der Waals surface area contributed by atoms with Crippen LogP contribution in [0.1, 0.15) is 12.0 Å². The molecule has 2 heteroatoms. The van der Waals surface area contributed by atoms with Gasteiger partial charge in [-0.3, -0.25) is 0 Å². The zero-order valence-corrected chi connectivity index (χ0v) is 7.45. The summed E-state index contributed by atoms with van der Waals surface area (Å²) in [5.41, 5.74) is 1.15. The maximum atomic E-state index is 12.4. The molecule has 0 aliphatic heterocycles. The molecule has 0 heterocycles. The molecule has 2 atom stereocenters. The Bertz CT molecular complexity index is 260. The van der Waals surface area contributed by atoms with Gasteiger partial charge in [0.25, 0.3) is 0 Å². The molecular formula is C11H13FO. The molecule has 0 bridgehead atoms. The van der Waals surface area contributed by atoms with Crippen LogP contribution >= 0.6 is 0 Å². The molecule has 1 saturated carbocycles. The predicted octanol–water partition coefficient (Wildman–Crippen LogP) is 2.56. The molecule has 1 aromatic rings. The summed E-state index contributed by atoms with van der Waals surface area (Å²) < 4.78 is 17.8. The zero-order chi connectivity index (χ0) is 9.10. The zero-order valence-electron chi connectivity index (χ0n) is 7.45. The van der Waals surface area contributed by atoms with Gasteiger partial charge in [-0.15, -0.1) is 0 Å². The first kappa shape index (κ1) is 8.70. The lowest BCUT2D eigenvalue weighted by Crippen LogP contribution is -1.98. The molecule has 13 heavy (non-hydrogen) atoms. The van der Waals surface area contributed by atoms with Gasteiger partial charge in [0, 0.05) is 5.92 Å². The lowest BCUT2D eigenvalue weighted by Gasteiger charge is -2.02. The molecule has 1 nitrogen and oxygen atoms in total. The minimum atomic E-state index is -0.601. The Labute approximate surface area is 77.5 Å². The highest BCUT2D eigenvalue weighted by Gasteiger charge is 2.37. The molecular weight excluding hydrogens is 167 g/mol. The molecule has 0 spiro atoms. The van der Waals surface area contributed by atoms with Crippen molar-refractivity contribution in [3.05, 3.63) is 35.9 Å². The van der Waals surface area contributed by atoms with E-state index in [0.29, 0.717) is 19.6 Å². The average molecular weight is 180 g/mol. The van der Waals surface area contributed by atoms with E-state index in [-0.39, 0.29) is 5.92 Å². The van der Waals surface area contributed by atoms with Crippen molar-refractivity contribution < 1.29 is 9.13 Å². The normalized spacial score (nSPS) is 25.9. The summed E-state index contributed by atoms with van der Waals surface area (Å²) >= 11 is 0. The van der Waals surface area contributed by atoms with Gasteiger partial charge in [-0.05, 0) is 12.0 Å². The van der Waals surface area contributed by atoms with Gasteiger partial charge in [-0.25, -0.2) is 4.39 Å². The van der Waals surface area contributed by atoms with Gasteiger partial charge in [0.15, 0.2) is 0 Å². The predicted molar refractivity (Wildman–Crippen MR) is 49.1 cm³/mol. The Morgan fingerprint density at radius 1 is 1.31 bits per heavy atom. The molecule has 0 aromatic heterocycles. The molecule has 1 aliphatic rings. The summed E-state index contributed by atoms with van der Waals surface area (Å²) in [5, 5.41) is 0. The topological polar surface area (TPSA) is 9.23 Å². The van der Waals surface area contributed by atoms with Crippen molar-refractivity contribution >= 4 is 0 Å². The van der Waals surface area contributed by atoms with E-state index in [1.54, 1.807) is 0 Å². The third-order valence-electron chi connectivity index (χ3n) is 2.28. The van der Waals surface area contributed by atoms with E-state index >= 15 is 0 Å². The van der Waals surface area contributed by atoms with Crippen molar-refractivity contribution in [1.82, 2.24) is 0 Å². The van der Waals surface area contributed by atoms with Crippen LogP contribution in [0, 0.1) is 5.92 Å². The second kappa shape index (κ2) is 3.88. The van der Waals surface area contributed by atoms with Gasteiger partial charge in [-0.2, -0.15) is 0 Å². The number of halogens is 1. The largest absolute Gasteiger partial charge is 0.376 e. The van der Waals surface area contributed by atoms with Gasteiger partial charge in [0.05, 0.1) is 13.2 Å². The van der Waals surface area contributed by atoms with Gasteiger partial charge < -0.3 is 4.74 Å². The third kappa shape index (κ3) is 2.52. The quantitative estimate of drug-likeness (QED) is 0.692. The van der Waals surface area contributed by atoms with Crippen LogP contribution in [-0.4, -0.2) is 12.8 Å². The highest BCUT2D eigenvalue weighted by Crippen LogP contribution is 2.33. The first-order chi connectivity index (χ1) is 6.36. The van der Waals surface area contributed by atoms with E-state index in [0.717, 1.165) is 5.56 Å². The Hall–Kier alpha value is -0.890. The molecule has 0 N–H and O–H groups in total. The van der Waals surface area contributed by atoms with Crippen LogP contribution in [0.15, 0.2) is 30.3 Å². The van der Waals surface area contributed by atoms with E-state index in [1.165, 1.54) is 0 Å². The molecule has 0 amide bonds. The molecule has 1 aliphatic carbocycles. The fourth-order valence-corrected chi connectivity index (χ4v) is 1.29. The van der Waals surface area contributed by atoms with Crippen LogP contribution in [0.25, 0.3) is 0 Å². The lowest BCUT2D eigenvalue weighted by molar-refractivity contribution is 0.105. The van der Waals surface area contributed by atoms with Crippen molar-refractivity contribution in [3.63, 3.8) is 0 Å². The van der Waals surface area contributed by atoms with Crippen LogP contribution in [-0.2, 0) is 11.3 Å². The first-order valence-electron chi connectivity index (χ1n) is 4.62. The Balaban J connectivity index is 1.68. The average Bonchev–Trinajstić information content (AvgIpc) is 2.84. The highest BCUT2D eigenvalue weighted by molar-refractivity contribution is 5.13. The number of alkyl halides is 1. The Kier molecular flexibility index (Phi) is 2.60. The molecule has 70 valence electrons. The van der Waals surface area contributed by atoms with Gasteiger partial charge >= 0.3 is 0 Å². The van der Waals surface area contributed by atoms with Gasteiger partial charge in [0.2, 0.25) is 0 Å². The van der Waals surface area contributed by atoms with Crippen molar-refractivity contribution in [2.24, 2.45) is 5.92 Å². The summed E-state index contributed by atoms with van der Waals surface area (Å²) in [6.07, 6.45) is 0.0881. The van der Waals surface area contributed by atoms with Crippen LogP contribution in [0.5, 0.6) is 0 Å². The number of ether oxygens (including phenoxy) is 1. The molecule has 2 rings (SSSR count). The third-order valence-corrected chi connectivity index (χ3v) is 2.28. The Morgan fingerprint density at radius 3 is 2.62 bits per heavy atom. The van der Waals surface area contributed by atoms with Crippen LogP contribution in [0.4, 0.5) is 4.39 Å². The van der Waals surface area contributed by atoms with E-state index in [4.69, 9.17) is 4.74 Å². The molecule has 0 saturated heterocycles. The fraction of sp³-hybridized carbons (Fsp3) is 0.455. The van der Waals surface area contributed by atoms with Crippen molar-refractivity contribution in [2.45, 2.75) is 19.2 Å². The van der Waals surface area contributed by atoms with E-state index in [9.17, 15) is 4.39 Å². The van der Waals surface area contributed by atoms with Crippen molar-refractivity contribution in [2.75, 3.05) is 6.61 Å². The van der Waals surface area contributed by atoms with Gasteiger partial charge in [0.1, 0.15) is 6.17 Å². The number of rotatable bonds is 4. The number of hydrogen-bond donors (Lipinski definition) is 0. The second-order valence-corrected chi connectivity index (χ2v) is 3.51. The highest BCUT2D eigenvalue weighted by atomic mass is 19.1. The first-order valence-corrected chi connectivity index (χ1v) is 4.62. The van der Waals surface area contributed by atoms with Crippen LogP contribution < -0.4 is 0 Å². The van der Waals surface area contributed by atoms with Crippen molar-refractivity contribution in [1.29, 1.82) is 0 Å². The minimum Gasteiger partial charge on any atom is -0.376 e. The maximum absolute atomic E-state index is 12.4. The minimum absolute atomic E-state index is 0.170. The fourth-order valence-electron chi connectivity index (χ4n) is 1.29. The summed E-state index contributed by atoms with van der Waals surface area (Å²) in [7, 11) is 0. The number of hydrogen-bond acceptors (Lipinski definition) is 1. The standard InChI is InChI=1S/C11H13FO/c12-11-6-10(11)8-13-7-9-4-2-1-3-5-9/h1-5,10-11H,6-8H2/t10-,11+/m0/s1. The molecule has 1 fully saturated rings. The van der Waals surface area contributed by atoms with E-state index in [1.807, 2.05) is 30.3 Å².